The Morgan fingerprint density at radius 3 is 2.82 bits per heavy atom. The van der Waals surface area contributed by atoms with Crippen LogP contribution in [-0.2, 0) is 6.42 Å². The third kappa shape index (κ3) is 2.91. The smallest absolute Gasteiger partial charge is 0.129 e. The standard InChI is InChI=1S/C13H18N4/c1-13(2,9-14)8-12-16-7-5-11(17-12)10-4-3-6-15-10/h3-7,15H,8-9,14H2,1-2H3. The molecule has 17 heavy (non-hydrogen) atoms. The Morgan fingerprint density at radius 2 is 2.18 bits per heavy atom. The minimum Gasteiger partial charge on any atom is -0.360 e. The Bertz CT molecular complexity index is 474. The van der Waals surface area contributed by atoms with Gasteiger partial charge in [-0.3, -0.25) is 0 Å². The summed E-state index contributed by atoms with van der Waals surface area (Å²) in [6.07, 6.45) is 4.48. The molecule has 0 saturated heterocycles. The Morgan fingerprint density at radius 1 is 1.35 bits per heavy atom. The number of nitrogens with two attached hydrogens (primary N) is 1. The second-order valence-corrected chi connectivity index (χ2v) is 4.99. The molecule has 2 rings (SSSR count). The molecular weight excluding hydrogens is 212 g/mol. The highest BCUT2D eigenvalue weighted by Crippen LogP contribution is 2.20. The maximum Gasteiger partial charge on any atom is 0.129 e. The minimum absolute atomic E-state index is 0.0361. The summed E-state index contributed by atoms with van der Waals surface area (Å²) in [6, 6.07) is 5.87. The highest BCUT2D eigenvalue weighted by atomic mass is 14.9. The lowest BCUT2D eigenvalue weighted by atomic mass is 9.89. The van der Waals surface area contributed by atoms with Crippen LogP contribution in [0.3, 0.4) is 0 Å². The van der Waals surface area contributed by atoms with Gasteiger partial charge < -0.3 is 10.7 Å². The van der Waals surface area contributed by atoms with Gasteiger partial charge in [0.25, 0.3) is 0 Å². The third-order valence-electron chi connectivity index (χ3n) is 2.77. The van der Waals surface area contributed by atoms with E-state index in [2.05, 4.69) is 28.8 Å². The molecule has 0 aromatic carbocycles. The van der Waals surface area contributed by atoms with E-state index in [1.807, 2.05) is 24.4 Å². The maximum absolute atomic E-state index is 5.73. The molecule has 0 unspecified atom stereocenters. The first-order valence-electron chi connectivity index (χ1n) is 5.76. The van der Waals surface area contributed by atoms with Gasteiger partial charge in [-0.05, 0) is 30.2 Å². The van der Waals surface area contributed by atoms with Crippen molar-refractivity contribution in [2.24, 2.45) is 11.1 Å². The topological polar surface area (TPSA) is 67.6 Å². The molecule has 0 aliphatic rings. The number of hydrogen-bond acceptors (Lipinski definition) is 3. The molecule has 2 aromatic heterocycles. The molecule has 2 aromatic rings. The molecule has 4 nitrogen and oxygen atoms in total. The SMILES string of the molecule is CC(C)(CN)Cc1nccc(-c2ccc[nH]2)n1. The van der Waals surface area contributed by atoms with Gasteiger partial charge in [0.05, 0.1) is 11.4 Å². The van der Waals surface area contributed by atoms with E-state index in [0.29, 0.717) is 6.54 Å². The molecule has 4 heteroatoms. The number of nitrogens with zero attached hydrogens (tertiary/aromatic N) is 2. The number of nitrogens with one attached hydrogen (secondary N) is 1. The van der Waals surface area contributed by atoms with Crippen LogP contribution >= 0.6 is 0 Å². The minimum atomic E-state index is 0.0361. The molecule has 90 valence electrons. The van der Waals surface area contributed by atoms with Crippen LogP contribution in [-0.4, -0.2) is 21.5 Å². The lowest BCUT2D eigenvalue weighted by Crippen LogP contribution is -2.26. The van der Waals surface area contributed by atoms with Crippen molar-refractivity contribution in [2.45, 2.75) is 20.3 Å². The first kappa shape index (κ1) is 11.8. The van der Waals surface area contributed by atoms with Gasteiger partial charge in [0.15, 0.2) is 0 Å². The van der Waals surface area contributed by atoms with Gasteiger partial charge in [0.2, 0.25) is 0 Å². The van der Waals surface area contributed by atoms with E-state index >= 15 is 0 Å². The first-order valence-corrected chi connectivity index (χ1v) is 5.76. The maximum atomic E-state index is 5.73. The molecule has 0 spiro atoms. The van der Waals surface area contributed by atoms with Crippen molar-refractivity contribution < 1.29 is 0 Å². The average Bonchev–Trinajstić information content (AvgIpc) is 2.82. The Hall–Kier alpha value is -1.68. The van der Waals surface area contributed by atoms with Gasteiger partial charge in [-0.2, -0.15) is 0 Å². The molecule has 0 amide bonds. The second kappa shape index (κ2) is 4.67. The molecule has 0 saturated carbocycles. The Balaban J connectivity index is 2.23. The van der Waals surface area contributed by atoms with Crippen LogP contribution in [0.5, 0.6) is 0 Å². The lowest BCUT2D eigenvalue weighted by molar-refractivity contribution is 0.368. The highest BCUT2D eigenvalue weighted by Gasteiger charge is 2.18. The van der Waals surface area contributed by atoms with E-state index in [4.69, 9.17) is 5.73 Å². The van der Waals surface area contributed by atoms with Crippen molar-refractivity contribution in [3.63, 3.8) is 0 Å². The zero-order valence-corrected chi connectivity index (χ0v) is 10.3. The van der Waals surface area contributed by atoms with E-state index in [9.17, 15) is 0 Å². The number of hydrogen-bond donors (Lipinski definition) is 2. The van der Waals surface area contributed by atoms with Crippen molar-refractivity contribution in [1.82, 2.24) is 15.0 Å². The summed E-state index contributed by atoms with van der Waals surface area (Å²) in [5.74, 6) is 0.840. The molecule has 2 heterocycles. The number of H-pyrrole nitrogens is 1. The van der Waals surface area contributed by atoms with Crippen molar-refractivity contribution in [3.8, 4) is 11.4 Å². The molecule has 0 fully saturated rings. The van der Waals surface area contributed by atoms with Crippen LogP contribution in [0.2, 0.25) is 0 Å². The van der Waals surface area contributed by atoms with Gasteiger partial charge in [0.1, 0.15) is 5.82 Å². The monoisotopic (exact) mass is 230 g/mol. The molecule has 3 N–H and O–H groups in total. The van der Waals surface area contributed by atoms with Crippen LogP contribution < -0.4 is 5.73 Å². The largest absolute Gasteiger partial charge is 0.360 e. The van der Waals surface area contributed by atoms with Crippen LogP contribution in [0.1, 0.15) is 19.7 Å². The molecule has 0 aliphatic heterocycles. The van der Waals surface area contributed by atoms with Gasteiger partial charge in [-0.25, -0.2) is 9.97 Å². The first-order chi connectivity index (χ1) is 8.11. The predicted molar refractivity (Wildman–Crippen MR) is 68.4 cm³/mol. The summed E-state index contributed by atoms with van der Waals surface area (Å²) in [5.41, 5.74) is 7.70. The van der Waals surface area contributed by atoms with Gasteiger partial charge in [-0.15, -0.1) is 0 Å². The van der Waals surface area contributed by atoms with E-state index in [0.717, 1.165) is 23.6 Å². The molecule has 0 radical (unpaired) electrons. The Kier molecular flexibility index (Phi) is 3.24. The zero-order chi connectivity index (χ0) is 12.3. The number of rotatable bonds is 4. The fourth-order valence-electron chi connectivity index (χ4n) is 1.62. The molecular formula is C13H18N4. The highest BCUT2D eigenvalue weighted by molar-refractivity contribution is 5.53. The average molecular weight is 230 g/mol. The van der Waals surface area contributed by atoms with Gasteiger partial charge in [0, 0.05) is 18.8 Å². The van der Waals surface area contributed by atoms with Crippen LogP contribution in [0.15, 0.2) is 30.6 Å². The van der Waals surface area contributed by atoms with E-state index in [1.165, 1.54) is 0 Å². The normalized spacial score (nSPS) is 11.7. The summed E-state index contributed by atoms with van der Waals surface area (Å²) in [6.45, 7) is 4.87. The van der Waals surface area contributed by atoms with Gasteiger partial charge in [-0.1, -0.05) is 13.8 Å². The van der Waals surface area contributed by atoms with Crippen molar-refractivity contribution >= 4 is 0 Å². The van der Waals surface area contributed by atoms with Crippen molar-refractivity contribution in [1.29, 1.82) is 0 Å². The second-order valence-electron chi connectivity index (χ2n) is 4.99. The Labute approximate surface area is 101 Å². The molecule has 0 aliphatic carbocycles. The summed E-state index contributed by atoms with van der Waals surface area (Å²) in [7, 11) is 0. The van der Waals surface area contributed by atoms with E-state index in [1.54, 1.807) is 6.20 Å². The number of aromatic nitrogens is 3. The molecule has 0 bridgehead atoms. The summed E-state index contributed by atoms with van der Waals surface area (Å²) in [4.78, 5) is 12.0. The van der Waals surface area contributed by atoms with E-state index < -0.39 is 0 Å². The zero-order valence-electron chi connectivity index (χ0n) is 10.3. The molecule has 0 atom stereocenters. The van der Waals surface area contributed by atoms with E-state index in [-0.39, 0.29) is 5.41 Å². The van der Waals surface area contributed by atoms with Crippen LogP contribution in [0, 0.1) is 5.41 Å². The van der Waals surface area contributed by atoms with Crippen molar-refractivity contribution in [3.05, 3.63) is 36.4 Å². The summed E-state index contributed by atoms with van der Waals surface area (Å²) < 4.78 is 0. The summed E-state index contributed by atoms with van der Waals surface area (Å²) >= 11 is 0. The fourth-order valence-corrected chi connectivity index (χ4v) is 1.62. The fraction of sp³-hybridized carbons (Fsp3) is 0.385. The van der Waals surface area contributed by atoms with Crippen molar-refractivity contribution in [2.75, 3.05) is 6.54 Å². The van der Waals surface area contributed by atoms with Crippen LogP contribution in [0.25, 0.3) is 11.4 Å². The predicted octanol–water partition coefficient (Wildman–Crippen LogP) is 2.00. The quantitative estimate of drug-likeness (QED) is 0.844. The summed E-state index contributed by atoms with van der Waals surface area (Å²) in [5, 5.41) is 0. The van der Waals surface area contributed by atoms with Gasteiger partial charge >= 0.3 is 0 Å². The third-order valence-corrected chi connectivity index (χ3v) is 2.77. The van der Waals surface area contributed by atoms with Crippen LogP contribution in [0.4, 0.5) is 0 Å². The number of aromatic amines is 1. The lowest BCUT2D eigenvalue weighted by Gasteiger charge is -2.20.